The van der Waals surface area contributed by atoms with Gasteiger partial charge in [0, 0.05) is 29.2 Å². The van der Waals surface area contributed by atoms with Gasteiger partial charge in [0.1, 0.15) is 12.5 Å². The third-order valence-corrected chi connectivity index (χ3v) is 2.36. The highest BCUT2D eigenvalue weighted by molar-refractivity contribution is 5.75. The van der Waals surface area contributed by atoms with E-state index in [0.29, 0.717) is 0 Å². The number of pyridine rings is 1. The molecule has 1 rings (SSSR count). The molecule has 3 nitrogen and oxygen atoms in total. The summed E-state index contributed by atoms with van der Waals surface area (Å²) in [7, 11) is 0. The van der Waals surface area contributed by atoms with Crippen molar-refractivity contribution in [2.75, 3.05) is 12.0 Å². The number of aryl methyl sites for hydroxylation is 1. The van der Waals surface area contributed by atoms with Crippen LogP contribution in [0.3, 0.4) is 0 Å². The third-order valence-electron chi connectivity index (χ3n) is 2.36. The number of nitrogens with zero attached hydrogens (tertiary/aromatic N) is 2. The number of allylic oxidation sites excluding steroid dienone is 4. The van der Waals surface area contributed by atoms with Gasteiger partial charge in [0.25, 0.3) is 0 Å². The number of rotatable bonds is 6. The molecule has 19 heavy (non-hydrogen) atoms. The second-order valence-electron chi connectivity index (χ2n) is 4.12. The molecule has 1 aromatic heterocycles. The molecular weight excluding hydrogens is 241 g/mol. The fourth-order valence-electron chi connectivity index (χ4n) is 1.55. The number of anilines is 1. The molecular formula is C15H18FN3. The SMILES string of the molecule is C=N/C=C(\C=C/CF)c1cnc(NC(=C)C)c(C)c1. The lowest BCUT2D eigenvalue weighted by Gasteiger charge is -2.10. The van der Waals surface area contributed by atoms with E-state index in [1.165, 1.54) is 6.08 Å². The van der Waals surface area contributed by atoms with Gasteiger partial charge < -0.3 is 5.32 Å². The Bertz CT molecular complexity index is 530. The van der Waals surface area contributed by atoms with Crippen LogP contribution < -0.4 is 5.32 Å². The fourth-order valence-corrected chi connectivity index (χ4v) is 1.55. The summed E-state index contributed by atoms with van der Waals surface area (Å²) in [5.41, 5.74) is 3.43. The maximum atomic E-state index is 12.2. The third kappa shape index (κ3) is 4.50. The molecule has 1 heterocycles. The smallest absolute Gasteiger partial charge is 0.132 e. The van der Waals surface area contributed by atoms with E-state index < -0.39 is 6.67 Å². The van der Waals surface area contributed by atoms with E-state index in [9.17, 15) is 4.39 Å². The van der Waals surface area contributed by atoms with E-state index in [0.717, 1.165) is 28.2 Å². The molecule has 0 fully saturated rings. The zero-order chi connectivity index (χ0) is 14.3. The van der Waals surface area contributed by atoms with E-state index in [1.54, 1.807) is 18.5 Å². The molecule has 100 valence electrons. The largest absolute Gasteiger partial charge is 0.344 e. The van der Waals surface area contributed by atoms with E-state index in [2.05, 4.69) is 28.6 Å². The summed E-state index contributed by atoms with van der Waals surface area (Å²) in [4.78, 5) is 8.05. The average molecular weight is 259 g/mol. The van der Waals surface area contributed by atoms with Gasteiger partial charge in [0.15, 0.2) is 0 Å². The van der Waals surface area contributed by atoms with Gasteiger partial charge in [0.05, 0.1) is 0 Å². The molecule has 0 saturated heterocycles. The van der Waals surface area contributed by atoms with Gasteiger partial charge in [0.2, 0.25) is 0 Å². The van der Waals surface area contributed by atoms with Crippen molar-refractivity contribution in [3.63, 3.8) is 0 Å². The molecule has 0 unspecified atom stereocenters. The van der Waals surface area contributed by atoms with Gasteiger partial charge in [-0.05, 0) is 32.2 Å². The zero-order valence-corrected chi connectivity index (χ0v) is 11.3. The minimum Gasteiger partial charge on any atom is -0.344 e. The summed E-state index contributed by atoms with van der Waals surface area (Å²) < 4.78 is 12.2. The van der Waals surface area contributed by atoms with Crippen molar-refractivity contribution in [3.8, 4) is 0 Å². The molecule has 0 aliphatic heterocycles. The number of nitrogens with one attached hydrogen (secondary N) is 1. The lowest BCUT2D eigenvalue weighted by atomic mass is 10.1. The lowest BCUT2D eigenvalue weighted by Crippen LogP contribution is -2.00. The van der Waals surface area contributed by atoms with Gasteiger partial charge in [-0.2, -0.15) is 0 Å². The first-order valence-electron chi connectivity index (χ1n) is 5.86. The van der Waals surface area contributed by atoms with Crippen LogP contribution in [0, 0.1) is 6.92 Å². The van der Waals surface area contributed by atoms with E-state index in [4.69, 9.17) is 0 Å². The Labute approximate surface area is 113 Å². The Kier molecular flexibility index (Phi) is 5.67. The number of alkyl halides is 1. The fraction of sp³-hybridized carbons (Fsp3) is 0.200. The Morgan fingerprint density at radius 1 is 1.58 bits per heavy atom. The Hall–Kier alpha value is -2.23. The van der Waals surface area contributed by atoms with E-state index in [1.807, 2.05) is 19.9 Å². The summed E-state index contributed by atoms with van der Waals surface area (Å²) in [6, 6.07) is 1.96. The Morgan fingerprint density at radius 3 is 2.84 bits per heavy atom. The van der Waals surface area contributed by atoms with E-state index in [-0.39, 0.29) is 0 Å². The molecule has 0 bridgehead atoms. The van der Waals surface area contributed by atoms with Gasteiger partial charge in [-0.15, -0.1) is 0 Å². The van der Waals surface area contributed by atoms with Crippen LogP contribution in [0.4, 0.5) is 10.2 Å². The van der Waals surface area contributed by atoms with Gasteiger partial charge in [-0.3, -0.25) is 4.99 Å². The second kappa shape index (κ2) is 7.26. The Morgan fingerprint density at radius 2 is 2.32 bits per heavy atom. The van der Waals surface area contributed by atoms with Crippen LogP contribution in [0.15, 0.2) is 47.9 Å². The van der Waals surface area contributed by atoms with Gasteiger partial charge >= 0.3 is 0 Å². The predicted molar refractivity (Wildman–Crippen MR) is 80.1 cm³/mol. The van der Waals surface area contributed by atoms with Crippen molar-refractivity contribution >= 4 is 18.1 Å². The van der Waals surface area contributed by atoms with Crippen molar-refractivity contribution in [2.45, 2.75) is 13.8 Å². The lowest BCUT2D eigenvalue weighted by molar-refractivity contribution is 0.562. The van der Waals surface area contributed by atoms with Crippen LogP contribution in [0.1, 0.15) is 18.1 Å². The minimum atomic E-state index is -0.518. The van der Waals surface area contributed by atoms with Crippen molar-refractivity contribution < 1.29 is 4.39 Å². The molecule has 0 saturated carbocycles. The van der Waals surface area contributed by atoms with Crippen LogP contribution in [-0.4, -0.2) is 18.4 Å². The maximum absolute atomic E-state index is 12.2. The first-order chi connectivity index (χ1) is 9.08. The van der Waals surface area contributed by atoms with Crippen molar-refractivity contribution in [3.05, 3.63) is 54.0 Å². The number of aromatic nitrogens is 1. The molecule has 1 N–H and O–H groups in total. The molecule has 0 aliphatic rings. The molecule has 0 aromatic carbocycles. The van der Waals surface area contributed by atoms with Gasteiger partial charge in [-0.1, -0.05) is 18.7 Å². The number of hydrogen-bond donors (Lipinski definition) is 1. The quantitative estimate of drug-likeness (QED) is 0.621. The summed E-state index contributed by atoms with van der Waals surface area (Å²) in [5, 5.41) is 3.08. The monoisotopic (exact) mass is 259 g/mol. The van der Waals surface area contributed by atoms with Crippen LogP contribution in [0.2, 0.25) is 0 Å². The first-order valence-corrected chi connectivity index (χ1v) is 5.86. The zero-order valence-electron chi connectivity index (χ0n) is 11.3. The standard InChI is InChI=1S/C15H18FN3/c1-11(2)19-15-12(3)8-14(10-18-15)13(9-17-4)6-5-7-16/h5-6,8-10H,1,4,7H2,2-3H3,(H,18,19)/b6-5-,13-9+. The molecule has 1 aromatic rings. The average Bonchev–Trinajstić information content (AvgIpc) is 2.36. The Balaban J connectivity index is 3.10. The van der Waals surface area contributed by atoms with E-state index >= 15 is 0 Å². The molecule has 0 spiro atoms. The molecule has 0 radical (unpaired) electrons. The van der Waals surface area contributed by atoms with Crippen LogP contribution in [0.25, 0.3) is 5.57 Å². The van der Waals surface area contributed by atoms with Crippen LogP contribution in [-0.2, 0) is 0 Å². The molecule has 0 amide bonds. The number of halogens is 1. The number of hydrogen-bond acceptors (Lipinski definition) is 3. The van der Waals surface area contributed by atoms with Gasteiger partial charge in [-0.25, -0.2) is 9.37 Å². The van der Waals surface area contributed by atoms with Crippen molar-refractivity contribution in [2.24, 2.45) is 4.99 Å². The summed E-state index contributed by atoms with van der Waals surface area (Å²) >= 11 is 0. The summed E-state index contributed by atoms with van der Waals surface area (Å²) in [6.07, 6.45) is 6.37. The topological polar surface area (TPSA) is 37.3 Å². The summed E-state index contributed by atoms with van der Waals surface area (Å²) in [5.74, 6) is 0.761. The van der Waals surface area contributed by atoms with Crippen molar-refractivity contribution in [1.29, 1.82) is 0 Å². The highest BCUT2D eigenvalue weighted by Crippen LogP contribution is 2.21. The summed E-state index contributed by atoms with van der Waals surface area (Å²) in [6.45, 7) is 10.5. The molecule has 0 atom stereocenters. The first kappa shape index (κ1) is 14.8. The maximum Gasteiger partial charge on any atom is 0.132 e. The van der Waals surface area contributed by atoms with Crippen molar-refractivity contribution in [1.82, 2.24) is 4.98 Å². The number of aliphatic imine (C=N–C) groups is 1. The highest BCUT2D eigenvalue weighted by Gasteiger charge is 2.04. The molecule has 4 heteroatoms. The minimum absolute atomic E-state index is 0.518. The highest BCUT2D eigenvalue weighted by atomic mass is 19.1. The normalized spacial score (nSPS) is 11.6. The second-order valence-corrected chi connectivity index (χ2v) is 4.12. The van der Waals surface area contributed by atoms with Crippen LogP contribution in [0.5, 0.6) is 0 Å². The van der Waals surface area contributed by atoms with Crippen LogP contribution >= 0.6 is 0 Å². The molecule has 0 aliphatic carbocycles. The predicted octanol–water partition coefficient (Wildman–Crippen LogP) is 3.90.